The summed E-state index contributed by atoms with van der Waals surface area (Å²) < 4.78 is 12.9. The smallest absolute Gasteiger partial charge is 0.204 e. The summed E-state index contributed by atoms with van der Waals surface area (Å²) in [5.74, 6) is -0.254. The Hall–Kier alpha value is -0.870. The van der Waals surface area contributed by atoms with E-state index in [1.54, 1.807) is 6.07 Å². The van der Waals surface area contributed by atoms with E-state index in [9.17, 15) is 9.18 Å². The summed E-state index contributed by atoms with van der Waals surface area (Å²) in [7, 11) is 1.87. The molecular formula is C10H10FNOS. The van der Waals surface area contributed by atoms with Crippen molar-refractivity contribution >= 4 is 16.9 Å². The molecule has 1 heterocycles. The van der Waals surface area contributed by atoms with Gasteiger partial charge in [-0.05, 0) is 24.7 Å². The fourth-order valence-electron chi connectivity index (χ4n) is 1.52. The molecule has 74 valence electrons. The lowest BCUT2D eigenvalue weighted by Crippen LogP contribution is -2.17. The predicted octanol–water partition coefficient (Wildman–Crippen LogP) is 2.03. The first-order chi connectivity index (χ1) is 6.66. The highest BCUT2D eigenvalue weighted by atomic mass is 32.2. The number of rotatable bonds is 1. The standard InChI is InChI=1S/C10H10FNOS/c1-12-6-9(13)14-10(12)7-3-2-4-8(11)5-7/h2-5,10H,6H2,1H3. The van der Waals surface area contributed by atoms with E-state index >= 15 is 0 Å². The van der Waals surface area contributed by atoms with Crippen molar-refractivity contribution < 1.29 is 9.18 Å². The van der Waals surface area contributed by atoms with Crippen molar-refractivity contribution in [1.29, 1.82) is 0 Å². The van der Waals surface area contributed by atoms with Gasteiger partial charge in [0.15, 0.2) is 0 Å². The molecule has 1 fully saturated rings. The maximum atomic E-state index is 12.9. The average Bonchev–Trinajstić information content (AvgIpc) is 2.45. The van der Waals surface area contributed by atoms with E-state index in [2.05, 4.69) is 0 Å². The first-order valence-corrected chi connectivity index (χ1v) is 5.20. The number of nitrogens with zero attached hydrogens (tertiary/aromatic N) is 1. The highest BCUT2D eigenvalue weighted by Crippen LogP contribution is 2.37. The summed E-state index contributed by atoms with van der Waals surface area (Å²) in [6.45, 7) is 0.436. The van der Waals surface area contributed by atoms with E-state index in [1.807, 2.05) is 18.0 Å². The van der Waals surface area contributed by atoms with Crippen LogP contribution in [-0.4, -0.2) is 23.6 Å². The van der Waals surface area contributed by atoms with Gasteiger partial charge in [0.2, 0.25) is 5.12 Å². The number of hydrogen-bond acceptors (Lipinski definition) is 3. The van der Waals surface area contributed by atoms with Crippen LogP contribution in [0, 0.1) is 5.82 Å². The second-order valence-corrected chi connectivity index (χ2v) is 4.45. The van der Waals surface area contributed by atoms with E-state index in [0.29, 0.717) is 6.54 Å². The van der Waals surface area contributed by atoms with Crippen LogP contribution in [0.25, 0.3) is 0 Å². The molecule has 1 aromatic carbocycles. The van der Waals surface area contributed by atoms with Crippen molar-refractivity contribution in [2.24, 2.45) is 0 Å². The maximum Gasteiger partial charge on any atom is 0.204 e. The summed E-state index contributed by atoms with van der Waals surface area (Å²) in [5.41, 5.74) is 0.850. The molecule has 0 N–H and O–H groups in total. The van der Waals surface area contributed by atoms with Crippen molar-refractivity contribution in [3.05, 3.63) is 35.6 Å². The molecule has 1 aromatic rings. The van der Waals surface area contributed by atoms with Crippen LogP contribution in [-0.2, 0) is 4.79 Å². The summed E-state index contributed by atoms with van der Waals surface area (Å²) in [5, 5.41) is 0.111. The van der Waals surface area contributed by atoms with E-state index < -0.39 is 0 Å². The van der Waals surface area contributed by atoms with Gasteiger partial charge < -0.3 is 0 Å². The summed E-state index contributed by atoms with van der Waals surface area (Å²) in [6.07, 6.45) is 0. The molecule has 1 unspecified atom stereocenters. The first kappa shape index (κ1) is 9.68. The Balaban J connectivity index is 2.27. The van der Waals surface area contributed by atoms with Crippen molar-refractivity contribution in [2.45, 2.75) is 5.37 Å². The minimum absolute atomic E-state index is 0.0294. The topological polar surface area (TPSA) is 20.3 Å². The van der Waals surface area contributed by atoms with Crippen molar-refractivity contribution in [2.75, 3.05) is 13.6 Å². The summed E-state index contributed by atoms with van der Waals surface area (Å²) >= 11 is 1.26. The fraction of sp³-hybridized carbons (Fsp3) is 0.300. The molecule has 1 saturated heterocycles. The zero-order valence-corrected chi connectivity index (χ0v) is 8.55. The normalized spacial score (nSPS) is 23.0. The summed E-state index contributed by atoms with van der Waals surface area (Å²) in [6, 6.07) is 6.40. The number of carbonyl (C=O) groups is 1. The molecule has 2 rings (SSSR count). The lowest BCUT2D eigenvalue weighted by atomic mass is 10.2. The van der Waals surface area contributed by atoms with Crippen molar-refractivity contribution in [3.63, 3.8) is 0 Å². The number of carbonyl (C=O) groups excluding carboxylic acids is 1. The first-order valence-electron chi connectivity index (χ1n) is 4.32. The van der Waals surface area contributed by atoms with Gasteiger partial charge in [-0.2, -0.15) is 0 Å². The second-order valence-electron chi connectivity index (χ2n) is 3.31. The predicted molar refractivity (Wildman–Crippen MR) is 54.4 cm³/mol. The van der Waals surface area contributed by atoms with Gasteiger partial charge in [-0.3, -0.25) is 9.69 Å². The van der Waals surface area contributed by atoms with Crippen LogP contribution in [0.4, 0.5) is 4.39 Å². The third-order valence-electron chi connectivity index (χ3n) is 2.16. The molecule has 4 heteroatoms. The number of hydrogen-bond donors (Lipinski definition) is 0. The molecule has 1 aliphatic heterocycles. The number of halogens is 1. The van der Waals surface area contributed by atoms with Crippen LogP contribution in [0.2, 0.25) is 0 Å². The lowest BCUT2D eigenvalue weighted by Gasteiger charge is -2.17. The Morgan fingerprint density at radius 1 is 1.57 bits per heavy atom. The third kappa shape index (κ3) is 1.81. The van der Waals surface area contributed by atoms with Gasteiger partial charge in [0.1, 0.15) is 5.82 Å². The number of benzene rings is 1. The van der Waals surface area contributed by atoms with E-state index in [0.717, 1.165) is 5.56 Å². The van der Waals surface area contributed by atoms with Crippen LogP contribution in [0.5, 0.6) is 0 Å². The van der Waals surface area contributed by atoms with Crippen molar-refractivity contribution in [3.8, 4) is 0 Å². The maximum absolute atomic E-state index is 12.9. The molecule has 0 spiro atoms. The minimum atomic E-state index is -0.254. The van der Waals surface area contributed by atoms with Crippen LogP contribution < -0.4 is 0 Å². The molecule has 1 aliphatic rings. The quantitative estimate of drug-likeness (QED) is 0.709. The van der Waals surface area contributed by atoms with Gasteiger partial charge >= 0.3 is 0 Å². The SMILES string of the molecule is CN1CC(=O)SC1c1cccc(F)c1. The molecule has 0 saturated carbocycles. The van der Waals surface area contributed by atoms with Gasteiger partial charge in [0.05, 0.1) is 11.9 Å². The van der Waals surface area contributed by atoms with E-state index in [1.165, 1.54) is 23.9 Å². The lowest BCUT2D eigenvalue weighted by molar-refractivity contribution is -0.110. The highest BCUT2D eigenvalue weighted by Gasteiger charge is 2.29. The highest BCUT2D eigenvalue weighted by molar-refractivity contribution is 8.14. The van der Waals surface area contributed by atoms with E-state index in [4.69, 9.17) is 0 Å². The monoisotopic (exact) mass is 211 g/mol. The third-order valence-corrected chi connectivity index (χ3v) is 3.40. The Morgan fingerprint density at radius 3 is 2.93 bits per heavy atom. The Morgan fingerprint density at radius 2 is 2.36 bits per heavy atom. The van der Waals surface area contributed by atoms with Gasteiger partial charge in [-0.1, -0.05) is 23.9 Å². The number of likely N-dealkylation sites (N-methyl/N-ethyl adjacent to an activating group) is 1. The fourth-order valence-corrected chi connectivity index (χ4v) is 2.59. The largest absolute Gasteiger partial charge is 0.286 e. The van der Waals surface area contributed by atoms with Gasteiger partial charge in [0.25, 0.3) is 0 Å². The molecule has 14 heavy (non-hydrogen) atoms. The molecule has 0 amide bonds. The zero-order valence-electron chi connectivity index (χ0n) is 7.74. The summed E-state index contributed by atoms with van der Waals surface area (Å²) in [4.78, 5) is 13.1. The van der Waals surface area contributed by atoms with E-state index in [-0.39, 0.29) is 16.3 Å². The van der Waals surface area contributed by atoms with Crippen LogP contribution in [0.1, 0.15) is 10.9 Å². The van der Waals surface area contributed by atoms with Gasteiger partial charge in [0, 0.05) is 0 Å². The molecule has 0 radical (unpaired) electrons. The minimum Gasteiger partial charge on any atom is -0.286 e. The zero-order chi connectivity index (χ0) is 10.1. The number of thioether (sulfide) groups is 1. The van der Waals surface area contributed by atoms with Gasteiger partial charge in [-0.25, -0.2) is 4.39 Å². The van der Waals surface area contributed by atoms with Crippen molar-refractivity contribution in [1.82, 2.24) is 4.90 Å². The Bertz CT molecular complexity index is 369. The Kier molecular flexibility index (Phi) is 2.56. The molecular weight excluding hydrogens is 201 g/mol. The molecule has 0 bridgehead atoms. The van der Waals surface area contributed by atoms with Crippen LogP contribution in [0.3, 0.4) is 0 Å². The van der Waals surface area contributed by atoms with Gasteiger partial charge in [-0.15, -0.1) is 0 Å². The van der Waals surface area contributed by atoms with Crippen LogP contribution >= 0.6 is 11.8 Å². The molecule has 0 aliphatic carbocycles. The molecule has 2 nitrogen and oxygen atoms in total. The molecule has 1 atom stereocenters. The Labute approximate surface area is 86.1 Å². The van der Waals surface area contributed by atoms with Crippen LogP contribution in [0.15, 0.2) is 24.3 Å². The molecule has 0 aromatic heterocycles. The average molecular weight is 211 g/mol. The second kappa shape index (κ2) is 3.71.